The number of carboxylic acids is 1. The first kappa shape index (κ1) is 53.0. The van der Waals surface area contributed by atoms with E-state index in [1.807, 2.05) is 13.8 Å². The summed E-state index contributed by atoms with van der Waals surface area (Å²) in [5.41, 5.74) is 2.70. The van der Waals surface area contributed by atoms with Crippen LogP contribution in [0.3, 0.4) is 0 Å². The number of nitrogens with zero attached hydrogens (tertiary/aromatic N) is 4. The molecule has 0 atom stereocenters. The molecule has 6 aromatic rings. The van der Waals surface area contributed by atoms with Crippen molar-refractivity contribution in [1.29, 1.82) is 0 Å². The third kappa shape index (κ3) is 15.1. The fourth-order valence-electron chi connectivity index (χ4n) is 5.67. The van der Waals surface area contributed by atoms with Crippen molar-refractivity contribution >= 4 is 36.1 Å². The predicted octanol–water partition coefficient (Wildman–Crippen LogP) is 7.23. The van der Waals surface area contributed by atoms with Crippen LogP contribution in [0.4, 0.5) is 26.3 Å². The van der Waals surface area contributed by atoms with Crippen LogP contribution in [-0.4, -0.2) is 87.8 Å². The largest absolute Gasteiger partial charge is 0.494 e. The summed E-state index contributed by atoms with van der Waals surface area (Å²) in [5, 5.41) is 23.6. The quantitative estimate of drug-likeness (QED) is 0.0516. The normalized spacial score (nSPS) is 10.7. The molecule has 0 aliphatic heterocycles. The molecule has 0 aliphatic carbocycles. The van der Waals surface area contributed by atoms with Crippen LogP contribution >= 0.6 is 12.4 Å². The standard InChI is InChI=1S/C22H21F3N4O3.C11H7F3N2O2.C11H16N2O2.ClH/c1-2-32-17-10-8-15(9-11-17)20(30)26-12-13-27-21(31)18-14-28-29(19(18)22(23,24)25)16-6-4-3-5-7-16;12-11(13,14)9-8(10(17)18)6-15-16(9)7-4-2-1-3-5-7;1-2-15-10-5-3-9(4-6-10)11(14)13-8-7-12;/h3-11,14H,2,12-13H2,1H3,(H,26,30)(H,27,31);1-6H,(H,17,18);3-6H,2,7-8,12H2,1H3,(H,13,14);1H. The van der Waals surface area contributed by atoms with Gasteiger partial charge in [-0.25, -0.2) is 14.2 Å². The second-order valence-corrected chi connectivity index (χ2v) is 13.1. The number of benzene rings is 4. The molecule has 6 rings (SSSR count). The second-order valence-electron chi connectivity index (χ2n) is 13.1. The summed E-state index contributed by atoms with van der Waals surface area (Å²) < 4.78 is 91.3. The molecule has 3 amide bonds. The van der Waals surface area contributed by atoms with E-state index in [2.05, 4.69) is 26.1 Å². The molecule has 6 N–H and O–H groups in total. The van der Waals surface area contributed by atoms with E-state index in [0.717, 1.165) is 11.9 Å². The SMILES string of the molecule is CCOc1ccc(C(=O)NCCN)cc1.CCOc1ccc(C(=O)NCCNC(=O)c2cnn(-c3ccccc3)c2C(F)(F)F)cc1.Cl.O=C(O)c1cnn(-c2ccccc2)c1C(F)(F)F. The minimum atomic E-state index is -4.79. The van der Waals surface area contributed by atoms with Crippen molar-refractivity contribution in [3.8, 4) is 22.9 Å². The lowest BCUT2D eigenvalue weighted by atomic mass is 10.2. The van der Waals surface area contributed by atoms with Gasteiger partial charge in [-0.2, -0.15) is 36.5 Å². The Kier molecular flexibility index (Phi) is 20.2. The third-order valence-electron chi connectivity index (χ3n) is 8.53. The summed E-state index contributed by atoms with van der Waals surface area (Å²) in [5.74, 6) is -1.68. The van der Waals surface area contributed by atoms with Gasteiger partial charge in [-0.3, -0.25) is 14.4 Å². The lowest BCUT2D eigenvalue weighted by Gasteiger charge is -2.13. The maximum Gasteiger partial charge on any atom is 0.434 e. The summed E-state index contributed by atoms with van der Waals surface area (Å²) in [6.45, 7) is 5.81. The Balaban J connectivity index is 0.000000287. The van der Waals surface area contributed by atoms with Crippen LogP contribution in [0.15, 0.2) is 122 Å². The molecule has 22 heteroatoms. The van der Waals surface area contributed by atoms with Crippen LogP contribution in [0.2, 0.25) is 0 Å². The van der Waals surface area contributed by atoms with Gasteiger partial charge in [-0.05, 0) is 86.6 Å². The Labute approximate surface area is 380 Å². The monoisotopic (exact) mass is 946 g/mol. The smallest absolute Gasteiger partial charge is 0.434 e. The van der Waals surface area contributed by atoms with Gasteiger partial charge in [0, 0.05) is 37.3 Å². The number of carboxylic acid groups (broad SMARTS) is 1. The molecule has 66 heavy (non-hydrogen) atoms. The molecule has 2 heterocycles. The van der Waals surface area contributed by atoms with E-state index in [0.29, 0.717) is 58.7 Å². The molecule has 0 saturated carbocycles. The average Bonchev–Trinajstić information content (AvgIpc) is 3.96. The van der Waals surface area contributed by atoms with E-state index in [-0.39, 0.29) is 48.7 Å². The van der Waals surface area contributed by atoms with Crippen molar-refractivity contribution in [2.75, 3.05) is 39.4 Å². The first-order valence-corrected chi connectivity index (χ1v) is 19.6. The van der Waals surface area contributed by atoms with Crippen molar-refractivity contribution in [2.24, 2.45) is 5.73 Å². The highest BCUT2D eigenvalue weighted by Crippen LogP contribution is 2.34. The zero-order valence-electron chi connectivity index (χ0n) is 35.2. The molecule has 0 bridgehead atoms. The van der Waals surface area contributed by atoms with E-state index in [1.54, 1.807) is 72.8 Å². The maximum atomic E-state index is 13.6. The Morgan fingerprint density at radius 1 is 0.576 bits per heavy atom. The molecule has 0 aliphatic rings. The minimum absolute atomic E-state index is 0. The second kappa shape index (κ2) is 25.2. The van der Waals surface area contributed by atoms with Crippen molar-refractivity contribution in [3.63, 3.8) is 0 Å². The van der Waals surface area contributed by atoms with E-state index in [9.17, 15) is 45.5 Å². The van der Waals surface area contributed by atoms with E-state index >= 15 is 0 Å². The van der Waals surface area contributed by atoms with Crippen LogP contribution in [0, 0.1) is 0 Å². The Hall–Kier alpha value is -7.39. The number of carbonyl (C=O) groups excluding carboxylic acids is 3. The molecule has 15 nitrogen and oxygen atoms in total. The highest BCUT2D eigenvalue weighted by Gasteiger charge is 2.41. The van der Waals surface area contributed by atoms with Gasteiger partial charge in [0.25, 0.3) is 17.7 Å². The summed E-state index contributed by atoms with van der Waals surface area (Å²) in [4.78, 5) is 46.8. The first-order chi connectivity index (χ1) is 31.0. The number of hydrogen-bond donors (Lipinski definition) is 5. The van der Waals surface area contributed by atoms with Crippen LogP contribution in [0.25, 0.3) is 11.4 Å². The topological polar surface area (TPSA) is 205 Å². The molecule has 352 valence electrons. The van der Waals surface area contributed by atoms with Crippen molar-refractivity contribution in [1.82, 2.24) is 35.5 Å². The number of ether oxygens (including phenoxy) is 2. The summed E-state index contributed by atoms with van der Waals surface area (Å²) >= 11 is 0. The van der Waals surface area contributed by atoms with Crippen LogP contribution in [0.1, 0.15) is 66.7 Å². The first-order valence-electron chi connectivity index (χ1n) is 19.6. The van der Waals surface area contributed by atoms with Gasteiger partial charge >= 0.3 is 18.3 Å². The molecule has 0 saturated heterocycles. The highest BCUT2D eigenvalue weighted by molar-refractivity contribution is 5.96. The number of nitrogens with two attached hydrogens (primary N) is 1. The van der Waals surface area contributed by atoms with Gasteiger partial charge in [0.05, 0.1) is 42.5 Å². The molecule has 0 spiro atoms. The van der Waals surface area contributed by atoms with Crippen LogP contribution < -0.4 is 31.2 Å². The van der Waals surface area contributed by atoms with Crippen LogP contribution in [0.5, 0.6) is 11.5 Å². The summed E-state index contributed by atoms with van der Waals surface area (Å²) in [6, 6.07) is 28.8. The molecule has 0 radical (unpaired) electrons. The van der Waals surface area contributed by atoms with E-state index in [4.69, 9.17) is 20.3 Å². The number of nitrogens with one attached hydrogen (secondary N) is 3. The summed E-state index contributed by atoms with van der Waals surface area (Å²) in [7, 11) is 0. The summed E-state index contributed by atoms with van der Waals surface area (Å²) in [6.07, 6.45) is -8.01. The number of hydrogen-bond acceptors (Lipinski definition) is 9. The molecule has 4 aromatic carbocycles. The number of rotatable bonds is 15. The Morgan fingerprint density at radius 2 is 0.939 bits per heavy atom. The Bertz CT molecular complexity index is 2470. The lowest BCUT2D eigenvalue weighted by molar-refractivity contribution is -0.144. The number of alkyl halides is 6. The predicted molar refractivity (Wildman–Crippen MR) is 233 cm³/mol. The van der Waals surface area contributed by atoms with Gasteiger partial charge < -0.3 is 36.3 Å². The number of aromatic nitrogens is 4. The fraction of sp³-hybridized carbons (Fsp3) is 0.227. The van der Waals surface area contributed by atoms with E-state index < -0.39 is 46.7 Å². The van der Waals surface area contributed by atoms with Crippen molar-refractivity contribution < 1.29 is 60.1 Å². The Morgan fingerprint density at radius 3 is 1.30 bits per heavy atom. The molecular formula is C44H45ClF6N8O7. The minimum Gasteiger partial charge on any atom is -0.494 e. The number of amides is 3. The zero-order valence-corrected chi connectivity index (χ0v) is 36.0. The van der Waals surface area contributed by atoms with Gasteiger partial charge in [0.2, 0.25) is 0 Å². The van der Waals surface area contributed by atoms with Gasteiger partial charge in [-0.1, -0.05) is 36.4 Å². The molecular weight excluding hydrogens is 902 g/mol. The molecule has 0 fully saturated rings. The van der Waals surface area contributed by atoms with Crippen molar-refractivity contribution in [2.45, 2.75) is 26.2 Å². The van der Waals surface area contributed by atoms with E-state index in [1.165, 1.54) is 36.4 Å². The zero-order chi connectivity index (χ0) is 47.6. The third-order valence-corrected chi connectivity index (χ3v) is 8.53. The average molecular weight is 947 g/mol. The van der Waals surface area contributed by atoms with Gasteiger partial charge in [-0.15, -0.1) is 12.4 Å². The van der Waals surface area contributed by atoms with Crippen LogP contribution in [-0.2, 0) is 12.4 Å². The number of carbonyl (C=O) groups is 4. The van der Waals surface area contributed by atoms with Gasteiger partial charge in [0.15, 0.2) is 11.4 Å². The molecule has 2 aromatic heterocycles. The number of aromatic carboxylic acids is 1. The fourth-order valence-corrected chi connectivity index (χ4v) is 5.67. The van der Waals surface area contributed by atoms with Gasteiger partial charge in [0.1, 0.15) is 17.1 Å². The number of halogens is 7. The molecule has 0 unspecified atom stereocenters. The maximum absolute atomic E-state index is 13.6. The number of para-hydroxylation sites is 2. The van der Waals surface area contributed by atoms with Crippen molar-refractivity contribution in [3.05, 3.63) is 155 Å². The highest BCUT2D eigenvalue weighted by atomic mass is 35.5. The lowest BCUT2D eigenvalue weighted by Crippen LogP contribution is -2.35.